The highest BCUT2D eigenvalue weighted by Crippen LogP contribution is 2.26. The van der Waals surface area contributed by atoms with Gasteiger partial charge in [-0.3, -0.25) is 0 Å². The monoisotopic (exact) mass is 277 g/mol. The van der Waals surface area contributed by atoms with Gasteiger partial charge in [-0.1, -0.05) is 19.1 Å². The molecule has 1 unspecified atom stereocenters. The van der Waals surface area contributed by atoms with Crippen molar-refractivity contribution in [2.45, 2.75) is 19.4 Å². The molecular formula is C16H17F2NO. The first-order valence-electron chi connectivity index (χ1n) is 6.54. The molecule has 2 rings (SSSR count). The van der Waals surface area contributed by atoms with E-state index in [0.29, 0.717) is 5.75 Å². The summed E-state index contributed by atoms with van der Waals surface area (Å²) in [5.41, 5.74) is 1.14. The average molecular weight is 277 g/mol. The summed E-state index contributed by atoms with van der Waals surface area (Å²) in [5, 5.41) is 3.21. The molecule has 0 amide bonds. The number of nitrogens with one attached hydrogen (secondary N) is 1. The molecule has 0 bridgehead atoms. The Kier molecular flexibility index (Phi) is 4.69. The summed E-state index contributed by atoms with van der Waals surface area (Å²) in [4.78, 5) is 0. The van der Waals surface area contributed by atoms with Gasteiger partial charge >= 0.3 is 0 Å². The van der Waals surface area contributed by atoms with Gasteiger partial charge in [0.05, 0.1) is 0 Å². The third-order valence-electron chi connectivity index (χ3n) is 3.16. The first kappa shape index (κ1) is 14.5. The second-order valence-corrected chi connectivity index (χ2v) is 4.50. The van der Waals surface area contributed by atoms with Crippen LogP contribution in [0, 0.1) is 11.6 Å². The lowest BCUT2D eigenvalue weighted by Gasteiger charge is -2.14. The fourth-order valence-corrected chi connectivity index (χ4v) is 2.06. The molecule has 20 heavy (non-hydrogen) atoms. The molecule has 0 saturated carbocycles. The van der Waals surface area contributed by atoms with E-state index in [4.69, 9.17) is 4.74 Å². The van der Waals surface area contributed by atoms with Crippen LogP contribution in [0.25, 0.3) is 0 Å². The zero-order valence-electron chi connectivity index (χ0n) is 11.5. The van der Waals surface area contributed by atoms with E-state index in [0.717, 1.165) is 18.1 Å². The molecule has 0 aliphatic rings. The summed E-state index contributed by atoms with van der Waals surface area (Å²) in [6, 6.07) is 10.9. The van der Waals surface area contributed by atoms with Crippen LogP contribution in [0.4, 0.5) is 8.78 Å². The highest BCUT2D eigenvalue weighted by Gasteiger charge is 2.08. The standard InChI is InChI=1S/C16H17F2NO/c1-3-15(19-2)11-4-7-13(8-5-11)20-16-9-6-12(17)10-14(16)18/h4-10,15,19H,3H2,1-2H3. The minimum atomic E-state index is -0.712. The predicted molar refractivity (Wildman–Crippen MR) is 75.0 cm³/mol. The van der Waals surface area contributed by atoms with E-state index in [9.17, 15) is 8.78 Å². The summed E-state index contributed by atoms with van der Waals surface area (Å²) >= 11 is 0. The van der Waals surface area contributed by atoms with Crippen molar-refractivity contribution >= 4 is 0 Å². The molecule has 1 atom stereocenters. The van der Waals surface area contributed by atoms with E-state index in [1.165, 1.54) is 12.1 Å². The number of benzene rings is 2. The van der Waals surface area contributed by atoms with Gasteiger partial charge in [0.2, 0.25) is 0 Å². The molecule has 0 fully saturated rings. The normalized spacial score (nSPS) is 12.2. The lowest BCUT2D eigenvalue weighted by molar-refractivity contribution is 0.437. The van der Waals surface area contributed by atoms with Crippen LogP contribution in [-0.2, 0) is 0 Å². The number of ether oxygens (including phenoxy) is 1. The third kappa shape index (κ3) is 3.33. The molecule has 2 nitrogen and oxygen atoms in total. The molecule has 0 saturated heterocycles. The Bertz CT molecular complexity index is 565. The summed E-state index contributed by atoms with van der Waals surface area (Å²) < 4.78 is 31.7. The minimum Gasteiger partial charge on any atom is -0.454 e. The molecule has 2 aromatic rings. The van der Waals surface area contributed by atoms with Crippen molar-refractivity contribution < 1.29 is 13.5 Å². The summed E-state index contributed by atoms with van der Waals surface area (Å²) in [6.45, 7) is 2.10. The lowest BCUT2D eigenvalue weighted by Crippen LogP contribution is -2.14. The molecule has 0 heterocycles. The van der Waals surface area contributed by atoms with Gasteiger partial charge in [-0.2, -0.15) is 0 Å². The fraction of sp³-hybridized carbons (Fsp3) is 0.250. The highest BCUT2D eigenvalue weighted by molar-refractivity contribution is 5.34. The van der Waals surface area contributed by atoms with Gasteiger partial charge in [-0.05, 0) is 43.3 Å². The second kappa shape index (κ2) is 6.48. The van der Waals surface area contributed by atoms with Crippen molar-refractivity contribution in [1.82, 2.24) is 5.32 Å². The molecule has 0 spiro atoms. The summed E-state index contributed by atoms with van der Waals surface area (Å²) in [5.74, 6) is -0.800. The molecule has 0 aliphatic carbocycles. The van der Waals surface area contributed by atoms with Crippen LogP contribution in [0.3, 0.4) is 0 Å². The van der Waals surface area contributed by atoms with Crippen molar-refractivity contribution in [3.05, 3.63) is 59.7 Å². The first-order chi connectivity index (χ1) is 9.63. The molecule has 1 N–H and O–H groups in total. The van der Waals surface area contributed by atoms with E-state index in [-0.39, 0.29) is 11.8 Å². The maximum absolute atomic E-state index is 13.5. The molecule has 0 aliphatic heterocycles. The van der Waals surface area contributed by atoms with Gasteiger partial charge in [0.25, 0.3) is 0 Å². The van der Waals surface area contributed by atoms with Gasteiger partial charge in [0.15, 0.2) is 11.6 Å². The van der Waals surface area contributed by atoms with Gasteiger partial charge in [0, 0.05) is 12.1 Å². The largest absolute Gasteiger partial charge is 0.454 e. The molecular weight excluding hydrogens is 260 g/mol. The first-order valence-corrected chi connectivity index (χ1v) is 6.54. The van der Waals surface area contributed by atoms with E-state index in [1.54, 1.807) is 12.1 Å². The van der Waals surface area contributed by atoms with Crippen molar-refractivity contribution in [2.75, 3.05) is 7.05 Å². The van der Waals surface area contributed by atoms with Gasteiger partial charge in [-0.15, -0.1) is 0 Å². The Morgan fingerprint density at radius 2 is 1.80 bits per heavy atom. The zero-order chi connectivity index (χ0) is 14.5. The van der Waals surface area contributed by atoms with Crippen LogP contribution in [0.2, 0.25) is 0 Å². The van der Waals surface area contributed by atoms with E-state index in [2.05, 4.69) is 12.2 Å². The van der Waals surface area contributed by atoms with Crippen LogP contribution in [0.1, 0.15) is 24.9 Å². The Labute approximate surface area is 117 Å². The number of hydrogen-bond acceptors (Lipinski definition) is 2. The Morgan fingerprint density at radius 3 is 2.35 bits per heavy atom. The Hall–Kier alpha value is -1.94. The summed E-state index contributed by atoms with van der Waals surface area (Å²) in [6.07, 6.45) is 0.975. The number of rotatable bonds is 5. The van der Waals surface area contributed by atoms with Crippen molar-refractivity contribution in [3.63, 3.8) is 0 Å². The Morgan fingerprint density at radius 1 is 1.10 bits per heavy atom. The van der Waals surface area contributed by atoms with Crippen LogP contribution >= 0.6 is 0 Å². The maximum Gasteiger partial charge on any atom is 0.168 e. The van der Waals surface area contributed by atoms with Crippen molar-refractivity contribution in [1.29, 1.82) is 0 Å². The minimum absolute atomic E-state index is 0.0137. The molecule has 106 valence electrons. The quantitative estimate of drug-likeness (QED) is 0.873. The van der Waals surface area contributed by atoms with Crippen LogP contribution in [0.15, 0.2) is 42.5 Å². The number of hydrogen-bond donors (Lipinski definition) is 1. The molecule has 0 radical (unpaired) electrons. The van der Waals surface area contributed by atoms with Gasteiger partial charge < -0.3 is 10.1 Å². The van der Waals surface area contributed by atoms with Gasteiger partial charge in [-0.25, -0.2) is 8.78 Å². The third-order valence-corrected chi connectivity index (χ3v) is 3.16. The highest BCUT2D eigenvalue weighted by atomic mass is 19.1. The summed E-state index contributed by atoms with van der Waals surface area (Å²) in [7, 11) is 1.91. The van der Waals surface area contributed by atoms with Crippen LogP contribution in [0.5, 0.6) is 11.5 Å². The molecule has 0 aromatic heterocycles. The van der Waals surface area contributed by atoms with E-state index >= 15 is 0 Å². The second-order valence-electron chi connectivity index (χ2n) is 4.50. The van der Waals surface area contributed by atoms with Crippen LogP contribution in [-0.4, -0.2) is 7.05 Å². The average Bonchev–Trinajstić information content (AvgIpc) is 2.45. The van der Waals surface area contributed by atoms with Crippen molar-refractivity contribution in [3.8, 4) is 11.5 Å². The topological polar surface area (TPSA) is 21.3 Å². The van der Waals surface area contributed by atoms with E-state index < -0.39 is 11.6 Å². The van der Waals surface area contributed by atoms with Crippen LogP contribution < -0.4 is 10.1 Å². The lowest BCUT2D eigenvalue weighted by atomic mass is 10.0. The zero-order valence-corrected chi connectivity index (χ0v) is 11.5. The van der Waals surface area contributed by atoms with Crippen molar-refractivity contribution in [2.24, 2.45) is 0 Å². The van der Waals surface area contributed by atoms with E-state index in [1.807, 2.05) is 19.2 Å². The van der Waals surface area contributed by atoms with Gasteiger partial charge in [0.1, 0.15) is 11.6 Å². The Balaban J connectivity index is 2.14. The fourth-order valence-electron chi connectivity index (χ4n) is 2.06. The SMILES string of the molecule is CCC(NC)c1ccc(Oc2ccc(F)cc2F)cc1. The predicted octanol–water partition coefficient (Wildman–Crippen LogP) is 4.43. The smallest absolute Gasteiger partial charge is 0.168 e. The molecule has 4 heteroatoms. The maximum atomic E-state index is 13.5. The number of halogens is 2. The molecule has 2 aromatic carbocycles.